The molecule has 0 radical (unpaired) electrons. The van der Waals surface area contributed by atoms with Gasteiger partial charge >= 0.3 is 0 Å². The number of hydrogen-bond donors (Lipinski definition) is 0. The fourth-order valence-electron chi connectivity index (χ4n) is 2.84. The van der Waals surface area contributed by atoms with Gasteiger partial charge < -0.3 is 9.47 Å². The standard InChI is InChI=1S/C26H36Br2O2/c1-17(2)13-25(15-19(5)21(7)27)29-23-9-11-24(12-10-23)30-26(14-18(3)4)16-20(6)22(8)28/h9-14,25-26H,15-16H2,1-8H3. The van der Waals surface area contributed by atoms with E-state index in [9.17, 15) is 0 Å². The molecule has 0 aliphatic heterocycles. The highest BCUT2D eigenvalue weighted by atomic mass is 79.9. The quantitative estimate of drug-likeness (QED) is 0.276. The molecular formula is C26H36Br2O2. The zero-order chi connectivity index (χ0) is 22.8. The van der Waals surface area contributed by atoms with Gasteiger partial charge in [0, 0.05) is 12.8 Å². The molecule has 4 heteroatoms. The molecule has 0 aliphatic rings. The Bertz CT molecular complexity index is 729. The summed E-state index contributed by atoms with van der Waals surface area (Å²) >= 11 is 7.14. The molecule has 0 amide bonds. The molecule has 166 valence electrons. The maximum absolute atomic E-state index is 6.25. The molecule has 0 aliphatic carbocycles. The molecule has 0 saturated heterocycles. The van der Waals surface area contributed by atoms with Gasteiger partial charge in [-0.15, -0.1) is 0 Å². The van der Waals surface area contributed by atoms with Crippen molar-refractivity contribution in [2.45, 2.75) is 80.4 Å². The Kier molecular flexibility index (Phi) is 11.8. The number of rotatable bonds is 10. The summed E-state index contributed by atoms with van der Waals surface area (Å²) in [4.78, 5) is 0. The Labute approximate surface area is 200 Å². The molecule has 1 rings (SSSR count). The maximum Gasteiger partial charge on any atom is 0.121 e. The number of ether oxygens (including phenoxy) is 2. The van der Waals surface area contributed by atoms with Crippen LogP contribution in [0.25, 0.3) is 0 Å². The van der Waals surface area contributed by atoms with Gasteiger partial charge in [0.25, 0.3) is 0 Å². The van der Waals surface area contributed by atoms with Crippen molar-refractivity contribution in [1.82, 2.24) is 0 Å². The minimum atomic E-state index is 0.00221. The van der Waals surface area contributed by atoms with Crippen LogP contribution < -0.4 is 9.47 Å². The number of benzene rings is 1. The van der Waals surface area contributed by atoms with Crippen molar-refractivity contribution in [2.24, 2.45) is 0 Å². The third-order valence-electron chi connectivity index (χ3n) is 4.63. The van der Waals surface area contributed by atoms with E-state index in [4.69, 9.17) is 9.47 Å². The van der Waals surface area contributed by atoms with Gasteiger partial charge in [0.05, 0.1) is 0 Å². The largest absolute Gasteiger partial charge is 0.486 e. The average molecular weight is 540 g/mol. The van der Waals surface area contributed by atoms with Gasteiger partial charge in [-0.2, -0.15) is 0 Å². The minimum Gasteiger partial charge on any atom is -0.486 e. The van der Waals surface area contributed by atoms with Gasteiger partial charge in [-0.25, -0.2) is 0 Å². The van der Waals surface area contributed by atoms with E-state index in [1.807, 2.05) is 24.3 Å². The molecule has 2 atom stereocenters. The molecule has 0 saturated carbocycles. The van der Waals surface area contributed by atoms with Crippen LogP contribution in [0.4, 0.5) is 0 Å². The fourth-order valence-corrected chi connectivity index (χ4v) is 3.17. The summed E-state index contributed by atoms with van der Waals surface area (Å²) in [5.41, 5.74) is 5.06. The van der Waals surface area contributed by atoms with Crippen LogP contribution in [0.3, 0.4) is 0 Å². The van der Waals surface area contributed by atoms with Crippen LogP contribution in [-0.4, -0.2) is 12.2 Å². The van der Waals surface area contributed by atoms with Gasteiger partial charge in [-0.3, -0.25) is 0 Å². The van der Waals surface area contributed by atoms with E-state index >= 15 is 0 Å². The molecule has 1 aromatic carbocycles. The zero-order valence-corrected chi connectivity index (χ0v) is 22.8. The van der Waals surface area contributed by atoms with Gasteiger partial charge in [0.15, 0.2) is 0 Å². The van der Waals surface area contributed by atoms with E-state index in [0.717, 1.165) is 33.3 Å². The molecule has 2 unspecified atom stereocenters. The van der Waals surface area contributed by atoms with Crippen molar-refractivity contribution < 1.29 is 9.47 Å². The second-order valence-electron chi connectivity index (χ2n) is 8.31. The van der Waals surface area contributed by atoms with Crippen LogP contribution >= 0.6 is 31.9 Å². The van der Waals surface area contributed by atoms with Crippen LogP contribution in [0, 0.1) is 0 Å². The Morgan fingerprint density at radius 1 is 0.667 bits per heavy atom. The van der Waals surface area contributed by atoms with Crippen molar-refractivity contribution in [2.75, 3.05) is 0 Å². The summed E-state index contributed by atoms with van der Waals surface area (Å²) in [7, 11) is 0. The number of halogens is 2. The Balaban J connectivity index is 2.94. The first-order chi connectivity index (χ1) is 14.0. The average Bonchev–Trinajstić information content (AvgIpc) is 2.61. The van der Waals surface area contributed by atoms with Crippen LogP contribution in [0.15, 0.2) is 67.7 Å². The smallest absolute Gasteiger partial charge is 0.121 e. The molecule has 1 aromatic rings. The molecule has 30 heavy (non-hydrogen) atoms. The van der Waals surface area contributed by atoms with Crippen LogP contribution in [0.2, 0.25) is 0 Å². The lowest BCUT2D eigenvalue weighted by molar-refractivity contribution is 0.241. The minimum absolute atomic E-state index is 0.00221. The molecule has 0 fully saturated rings. The third-order valence-corrected chi connectivity index (χ3v) is 5.98. The van der Waals surface area contributed by atoms with Gasteiger partial charge in [-0.05, 0) is 101 Å². The van der Waals surface area contributed by atoms with Gasteiger partial charge in [0.1, 0.15) is 23.7 Å². The maximum atomic E-state index is 6.25. The van der Waals surface area contributed by atoms with Crippen molar-refractivity contribution in [3.05, 3.63) is 67.7 Å². The molecular weight excluding hydrogens is 504 g/mol. The highest BCUT2D eigenvalue weighted by molar-refractivity contribution is 9.12. The molecule has 0 spiro atoms. The van der Waals surface area contributed by atoms with E-state index in [0.29, 0.717) is 0 Å². The van der Waals surface area contributed by atoms with Gasteiger partial charge in [-0.1, -0.05) is 54.2 Å². The summed E-state index contributed by atoms with van der Waals surface area (Å²) in [5, 5.41) is 0. The number of allylic oxidation sites excluding steroid dienone is 4. The van der Waals surface area contributed by atoms with E-state index in [-0.39, 0.29) is 12.2 Å². The first-order valence-electron chi connectivity index (χ1n) is 10.3. The van der Waals surface area contributed by atoms with Crippen LogP contribution in [-0.2, 0) is 0 Å². The molecule has 0 aromatic heterocycles. The van der Waals surface area contributed by atoms with Crippen molar-refractivity contribution in [1.29, 1.82) is 0 Å². The first kappa shape index (κ1) is 26.8. The molecule has 0 N–H and O–H groups in total. The summed E-state index contributed by atoms with van der Waals surface area (Å²) in [6, 6.07) is 7.94. The predicted octanol–water partition coefficient (Wildman–Crippen LogP) is 9.27. The van der Waals surface area contributed by atoms with E-state index in [1.54, 1.807) is 0 Å². The zero-order valence-electron chi connectivity index (χ0n) is 19.6. The van der Waals surface area contributed by atoms with E-state index in [1.165, 1.54) is 22.3 Å². The Hall–Kier alpha value is -1.26. The molecule has 0 heterocycles. The lowest BCUT2D eigenvalue weighted by Gasteiger charge is -2.20. The second-order valence-corrected chi connectivity index (χ2v) is 10.7. The number of hydrogen-bond acceptors (Lipinski definition) is 2. The lowest BCUT2D eigenvalue weighted by Crippen LogP contribution is -2.16. The van der Waals surface area contributed by atoms with Crippen molar-refractivity contribution in [3.8, 4) is 11.5 Å². The van der Waals surface area contributed by atoms with Crippen LogP contribution in [0.1, 0.15) is 68.2 Å². The van der Waals surface area contributed by atoms with E-state index < -0.39 is 0 Å². The highest BCUT2D eigenvalue weighted by Crippen LogP contribution is 2.25. The Morgan fingerprint density at radius 2 is 0.967 bits per heavy atom. The SMILES string of the molecule is CC(C)=CC(CC(C)=C(C)Br)Oc1ccc(OC(C=C(C)C)CC(C)=C(C)Br)cc1. The van der Waals surface area contributed by atoms with Crippen molar-refractivity contribution >= 4 is 31.9 Å². The topological polar surface area (TPSA) is 18.5 Å². The summed E-state index contributed by atoms with van der Waals surface area (Å²) in [6.45, 7) is 16.8. The van der Waals surface area contributed by atoms with Gasteiger partial charge in [0.2, 0.25) is 0 Å². The van der Waals surface area contributed by atoms with Crippen LogP contribution in [0.5, 0.6) is 11.5 Å². The normalized spacial score (nSPS) is 14.7. The summed E-state index contributed by atoms with van der Waals surface area (Å²) in [5.74, 6) is 1.69. The summed E-state index contributed by atoms with van der Waals surface area (Å²) < 4.78 is 14.8. The predicted molar refractivity (Wildman–Crippen MR) is 138 cm³/mol. The highest BCUT2D eigenvalue weighted by Gasteiger charge is 2.12. The monoisotopic (exact) mass is 538 g/mol. The molecule has 2 nitrogen and oxygen atoms in total. The third kappa shape index (κ3) is 10.7. The second kappa shape index (κ2) is 13.2. The van der Waals surface area contributed by atoms with E-state index in [2.05, 4.69) is 99.4 Å². The molecule has 0 bridgehead atoms. The van der Waals surface area contributed by atoms with Crippen molar-refractivity contribution in [3.63, 3.8) is 0 Å². The first-order valence-corrected chi connectivity index (χ1v) is 11.9. The fraction of sp³-hybridized carbons (Fsp3) is 0.462. The summed E-state index contributed by atoms with van der Waals surface area (Å²) in [6.07, 6.45) is 6.05. The lowest BCUT2D eigenvalue weighted by atomic mass is 10.1. The Morgan fingerprint density at radius 3 is 1.20 bits per heavy atom.